The van der Waals surface area contributed by atoms with Crippen LogP contribution in [0.25, 0.3) is 0 Å². The van der Waals surface area contributed by atoms with Gasteiger partial charge in [-0.25, -0.2) is 4.39 Å². The Morgan fingerprint density at radius 3 is 2.64 bits per heavy atom. The molecule has 1 amide bonds. The molecule has 0 aliphatic rings. The van der Waals surface area contributed by atoms with Gasteiger partial charge in [0.05, 0.1) is 5.56 Å². The van der Waals surface area contributed by atoms with Crippen molar-refractivity contribution in [1.82, 2.24) is 0 Å². The molecule has 1 rings (SSSR count). The molecule has 58 valence electrons. The number of primary amides is 1. The molecule has 1 aromatic rings. The summed E-state index contributed by atoms with van der Waals surface area (Å²) in [5.74, 6) is -1.26. The highest BCUT2D eigenvalue weighted by Crippen LogP contribution is 2.10. The van der Waals surface area contributed by atoms with Gasteiger partial charge >= 0.3 is 0 Å². The normalized spacial score (nSPS) is 9.64. The minimum absolute atomic E-state index is 0.0509. The lowest BCUT2D eigenvalue weighted by Gasteiger charge is -1.99. The van der Waals surface area contributed by atoms with Crippen LogP contribution in [0.5, 0.6) is 0 Å². The first-order valence-corrected chi connectivity index (χ1v) is 3.18. The Bertz CT molecular complexity index is 296. The summed E-state index contributed by atoms with van der Waals surface area (Å²) in [6.45, 7) is 1.59. The van der Waals surface area contributed by atoms with Gasteiger partial charge in [-0.05, 0) is 18.6 Å². The third-order valence-corrected chi connectivity index (χ3v) is 1.46. The summed E-state index contributed by atoms with van der Waals surface area (Å²) in [4.78, 5) is 10.6. The SMILES string of the molecule is Cc1cccc(C(N)=O)c1F. The summed E-state index contributed by atoms with van der Waals surface area (Å²) in [6, 6.07) is 4.55. The molecule has 3 heteroatoms. The first-order chi connectivity index (χ1) is 5.13. The van der Waals surface area contributed by atoms with E-state index in [-0.39, 0.29) is 5.56 Å². The Labute approximate surface area is 63.8 Å². The predicted octanol–water partition coefficient (Wildman–Crippen LogP) is 1.23. The molecule has 0 heterocycles. The van der Waals surface area contributed by atoms with Gasteiger partial charge < -0.3 is 5.73 Å². The van der Waals surface area contributed by atoms with Gasteiger partial charge in [-0.15, -0.1) is 0 Å². The van der Waals surface area contributed by atoms with Crippen LogP contribution in [0.4, 0.5) is 4.39 Å². The Hall–Kier alpha value is -1.38. The quantitative estimate of drug-likeness (QED) is 0.647. The lowest BCUT2D eigenvalue weighted by Crippen LogP contribution is -2.13. The van der Waals surface area contributed by atoms with Gasteiger partial charge in [0.2, 0.25) is 0 Å². The van der Waals surface area contributed by atoms with Crippen LogP contribution in [-0.4, -0.2) is 5.91 Å². The molecule has 0 spiro atoms. The number of carbonyl (C=O) groups is 1. The number of nitrogens with two attached hydrogens (primary N) is 1. The van der Waals surface area contributed by atoms with Gasteiger partial charge in [0.15, 0.2) is 0 Å². The van der Waals surface area contributed by atoms with Crippen LogP contribution in [0, 0.1) is 12.7 Å². The Morgan fingerprint density at radius 2 is 2.18 bits per heavy atom. The molecular formula is C8H8FNO. The molecule has 0 unspecified atom stereocenters. The van der Waals surface area contributed by atoms with Crippen molar-refractivity contribution >= 4 is 5.91 Å². The number of rotatable bonds is 1. The van der Waals surface area contributed by atoms with Gasteiger partial charge in [0.1, 0.15) is 5.82 Å². The van der Waals surface area contributed by atoms with Crippen molar-refractivity contribution in [3.63, 3.8) is 0 Å². The second-order valence-corrected chi connectivity index (χ2v) is 2.30. The van der Waals surface area contributed by atoms with Crippen LogP contribution in [0.3, 0.4) is 0 Å². The molecule has 0 atom stereocenters. The van der Waals surface area contributed by atoms with E-state index < -0.39 is 11.7 Å². The van der Waals surface area contributed by atoms with Crippen molar-refractivity contribution in [1.29, 1.82) is 0 Å². The summed E-state index contributed by atoms with van der Waals surface area (Å²) >= 11 is 0. The van der Waals surface area contributed by atoms with Crippen molar-refractivity contribution in [3.05, 3.63) is 35.1 Å². The number of aryl methyl sites for hydroxylation is 1. The van der Waals surface area contributed by atoms with Crippen LogP contribution >= 0.6 is 0 Å². The van der Waals surface area contributed by atoms with Crippen LogP contribution in [0.2, 0.25) is 0 Å². The number of hydrogen-bond donors (Lipinski definition) is 1. The van der Waals surface area contributed by atoms with E-state index in [1.54, 1.807) is 19.1 Å². The molecule has 0 aliphatic heterocycles. The van der Waals surface area contributed by atoms with Crippen molar-refractivity contribution in [2.75, 3.05) is 0 Å². The molecular weight excluding hydrogens is 145 g/mol. The molecule has 11 heavy (non-hydrogen) atoms. The zero-order valence-corrected chi connectivity index (χ0v) is 6.10. The van der Waals surface area contributed by atoms with Gasteiger partial charge in [-0.3, -0.25) is 4.79 Å². The molecule has 0 fully saturated rings. The monoisotopic (exact) mass is 153 g/mol. The molecule has 0 saturated heterocycles. The van der Waals surface area contributed by atoms with E-state index in [1.165, 1.54) is 6.07 Å². The number of hydrogen-bond acceptors (Lipinski definition) is 1. The average Bonchev–Trinajstić information content (AvgIpc) is 1.94. The Balaban J connectivity index is 3.27. The second kappa shape index (κ2) is 2.70. The predicted molar refractivity (Wildman–Crippen MR) is 39.7 cm³/mol. The first kappa shape index (κ1) is 7.72. The van der Waals surface area contributed by atoms with Gasteiger partial charge in [-0.1, -0.05) is 12.1 Å². The average molecular weight is 153 g/mol. The van der Waals surface area contributed by atoms with E-state index in [0.29, 0.717) is 5.56 Å². The van der Waals surface area contributed by atoms with Gasteiger partial charge in [0.25, 0.3) is 5.91 Å². The summed E-state index contributed by atoms with van der Waals surface area (Å²) in [7, 11) is 0. The number of benzene rings is 1. The topological polar surface area (TPSA) is 43.1 Å². The van der Waals surface area contributed by atoms with Crippen LogP contribution in [-0.2, 0) is 0 Å². The van der Waals surface area contributed by atoms with Crippen LogP contribution in [0.1, 0.15) is 15.9 Å². The zero-order chi connectivity index (χ0) is 8.43. The van der Waals surface area contributed by atoms with Gasteiger partial charge in [-0.2, -0.15) is 0 Å². The van der Waals surface area contributed by atoms with Gasteiger partial charge in [0, 0.05) is 0 Å². The maximum atomic E-state index is 13.0. The number of halogens is 1. The van der Waals surface area contributed by atoms with Crippen molar-refractivity contribution < 1.29 is 9.18 Å². The highest BCUT2D eigenvalue weighted by molar-refractivity contribution is 5.93. The fourth-order valence-electron chi connectivity index (χ4n) is 0.838. The Kier molecular flexibility index (Phi) is 1.89. The largest absolute Gasteiger partial charge is 0.366 e. The van der Waals surface area contributed by atoms with E-state index in [4.69, 9.17) is 5.73 Å². The van der Waals surface area contributed by atoms with Crippen LogP contribution in [0.15, 0.2) is 18.2 Å². The van der Waals surface area contributed by atoms with E-state index in [0.717, 1.165) is 0 Å². The molecule has 0 bridgehead atoms. The minimum Gasteiger partial charge on any atom is -0.366 e. The van der Waals surface area contributed by atoms with E-state index in [1.807, 2.05) is 0 Å². The lowest BCUT2D eigenvalue weighted by molar-refractivity contribution is 0.0996. The fourth-order valence-corrected chi connectivity index (χ4v) is 0.838. The maximum absolute atomic E-state index is 13.0. The summed E-state index contributed by atoms with van der Waals surface area (Å²) in [5, 5.41) is 0. The lowest BCUT2D eigenvalue weighted by atomic mass is 10.1. The highest BCUT2D eigenvalue weighted by atomic mass is 19.1. The summed E-state index contributed by atoms with van der Waals surface area (Å²) in [5.41, 5.74) is 5.29. The summed E-state index contributed by atoms with van der Waals surface area (Å²) < 4.78 is 13.0. The van der Waals surface area contributed by atoms with Crippen molar-refractivity contribution in [2.24, 2.45) is 5.73 Å². The molecule has 2 nitrogen and oxygen atoms in total. The van der Waals surface area contributed by atoms with Crippen molar-refractivity contribution in [3.8, 4) is 0 Å². The third-order valence-electron chi connectivity index (χ3n) is 1.46. The van der Waals surface area contributed by atoms with E-state index >= 15 is 0 Å². The summed E-state index contributed by atoms with van der Waals surface area (Å²) in [6.07, 6.45) is 0. The first-order valence-electron chi connectivity index (χ1n) is 3.18. The molecule has 1 aromatic carbocycles. The molecule has 0 aromatic heterocycles. The standard InChI is InChI=1S/C8H8FNO/c1-5-3-2-4-6(7(5)9)8(10)11/h2-4H,1H3,(H2,10,11). The zero-order valence-electron chi connectivity index (χ0n) is 6.10. The third kappa shape index (κ3) is 1.37. The smallest absolute Gasteiger partial charge is 0.251 e. The maximum Gasteiger partial charge on any atom is 0.251 e. The highest BCUT2D eigenvalue weighted by Gasteiger charge is 2.08. The van der Waals surface area contributed by atoms with Crippen molar-refractivity contribution in [2.45, 2.75) is 6.92 Å². The molecule has 0 saturated carbocycles. The molecule has 2 N–H and O–H groups in total. The fraction of sp³-hybridized carbons (Fsp3) is 0.125. The van der Waals surface area contributed by atoms with E-state index in [9.17, 15) is 9.18 Å². The van der Waals surface area contributed by atoms with Crippen LogP contribution < -0.4 is 5.73 Å². The second-order valence-electron chi connectivity index (χ2n) is 2.30. The van der Waals surface area contributed by atoms with E-state index in [2.05, 4.69) is 0 Å². The number of amides is 1. The Morgan fingerprint density at radius 1 is 1.55 bits per heavy atom. The number of carbonyl (C=O) groups excluding carboxylic acids is 1. The minimum atomic E-state index is -0.730. The molecule has 0 aliphatic carbocycles. The molecule has 0 radical (unpaired) electrons.